The summed E-state index contributed by atoms with van der Waals surface area (Å²) < 4.78 is 5.25. The average Bonchev–Trinajstić information content (AvgIpc) is 2.78. The molecule has 142 valence electrons. The number of methoxy groups -OCH3 is 1. The molecular weight excluding hydrogens is 360 g/mol. The Labute approximate surface area is 169 Å². The zero-order chi connectivity index (χ0) is 20.1. The zero-order valence-corrected chi connectivity index (χ0v) is 16.0. The number of carbonyl (C=O) groups excluding carboxylic acids is 1. The summed E-state index contributed by atoms with van der Waals surface area (Å²) >= 11 is 0. The molecule has 0 aliphatic heterocycles. The van der Waals surface area contributed by atoms with Gasteiger partial charge < -0.3 is 10.1 Å². The van der Waals surface area contributed by atoms with Crippen LogP contribution in [0.5, 0.6) is 5.75 Å². The standard InChI is InChI=1S/C25H20N2O2/c1-29-23-13-10-20-15-21(17-26-24(20)16-23)19-8-11-22(12-9-19)27-25(28)14-7-18-5-3-2-4-6-18/h2-17H,1H3,(H,27,28)/b14-7+. The Hall–Kier alpha value is -3.92. The number of nitrogens with zero attached hydrogens (tertiary/aromatic N) is 1. The van der Waals surface area contributed by atoms with Crippen molar-refractivity contribution in [3.8, 4) is 16.9 Å². The van der Waals surface area contributed by atoms with Gasteiger partial charge in [-0.05, 0) is 47.5 Å². The van der Waals surface area contributed by atoms with Crippen LogP contribution in [0.3, 0.4) is 0 Å². The van der Waals surface area contributed by atoms with E-state index in [1.165, 1.54) is 6.08 Å². The summed E-state index contributed by atoms with van der Waals surface area (Å²) in [6.45, 7) is 0. The molecule has 4 heteroatoms. The van der Waals surface area contributed by atoms with Gasteiger partial charge in [0.2, 0.25) is 5.91 Å². The molecule has 0 saturated carbocycles. The molecule has 0 fully saturated rings. The van der Waals surface area contributed by atoms with E-state index in [2.05, 4.69) is 16.4 Å². The number of aromatic nitrogens is 1. The second-order valence-corrected chi connectivity index (χ2v) is 6.59. The van der Waals surface area contributed by atoms with Crippen molar-refractivity contribution in [2.75, 3.05) is 12.4 Å². The van der Waals surface area contributed by atoms with Gasteiger partial charge in [0.05, 0.1) is 12.6 Å². The molecule has 0 radical (unpaired) electrons. The van der Waals surface area contributed by atoms with E-state index in [1.807, 2.05) is 79.0 Å². The second kappa shape index (κ2) is 8.40. The lowest BCUT2D eigenvalue weighted by Gasteiger charge is -2.07. The molecule has 0 saturated heterocycles. The van der Waals surface area contributed by atoms with E-state index in [-0.39, 0.29) is 5.91 Å². The summed E-state index contributed by atoms with van der Waals surface area (Å²) in [5.41, 5.74) is 4.68. The van der Waals surface area contributed by atoms with Gasteiger partial charge in [-0.1, -0.05) is 42.5 Å². The van der Waals surface area contributed by atoms with Crippen LogP contribution in [-0.4, -0.2) is 18.0 Å². The predicted octanol–water partition coefficient (Wildman–Crippen LogP) is 5.56. The number of rotatable bonds is 5. The first-order valence-electron chi connectivity index (χ1n) is 9.30. The Balaban J connectivity index is 1.47. The van der Waals surface area contributed by atoms with E-state index in [4.69, 9.17) is 4.74 Å². The van der Waals surface area contributed by atoms with Crippen LogP contribution in [0.25, 0.3) is 28.1 Å². The summed E-state index contributed by atoms with van der Waals surface area (Å²) in [6, 6.07) is 25.4. The highest BCUT2D eigenvalue weighted by Crippen LogP contribution is 2.26. The largest absolute Gasteiger partial charge is 0.497 e. The van der Waals surface area contributed by atoms with Gasteiger partial charge in [0.1, 0.15) is 5.75 Å². The van der Waals surface area contributed by atoms with Crippen LogP contribution in [0.1, 0.15) is 5.56 Å². The van der Waals surface area contributed by atoms with Crippen molar-refractivity contribution in [2.24, 2.45) is 0 Å². The summed E-state index contributed by atoms with van der Waals surface area (Å²) in [7, 11) is 1.65. The monoisotopic (exact) mass is 380 g/mol. The Bertz CT molecular complexity index is 1170. The first-order chi connectivity index (χ1) is 14.2. The molecule has 0 unspecified atom stereocenters. The van der Waals surface area contributed by atoms with Gasteiger partial charge in [-0.3, -0.25) is 9.78 Å². The average molecular weight is 380 g/mol. The quantitative estimate of drug-likeness (QED) is 0.461. The van der Waals surface area contributed by atoms with Crippen molar-refractivity contribution in [1.29, 1.82) is 0 Å². The number of fused-ring (bicyclic) bond motifs is 1. The van der Waals surface area contributed by atoms with Gasteiger partial charge in [0.25, 0.3) is 0 Å². The van der Waals surface area contributed by atoms with Crippen molar-refractivity contribution >= 4 is 28.6 Å². The van der Waals surface area contributed by atoms with E-state index >= 15 is 0 Å². The first kappa shape index (κ1) is 18.4. The van der Waals surface area contributed by atoms with Gasteiger partial charge in [-0.2, -0.15) is 0 Å². The Morgan fingerprint density at radius 2 is 1.72 bits per heavy atom. The highest BCUT2D eigenvalue weighted by molar-refractivity contribution is 6.02. The maximum Gasteiger partial charge on any atom is 0.248 e. The fourth-order valence-corrected chi connectivity index (χ4v) is 3.05. The second-order valence-electron chi connectivity index (χ2n) is 6.59. The SMILES string of the molecule is COc1ccc2cc(-c3ccc(NC(=O)/C=C/c4ccccc4)cc3)cnc2c1. The van der Waals surface area contributed by atoms with Crippen molar-refractivity contribution in [3.05, 3.63) is 96.7 Å². The molecule has 1 amide bonds. The van der Waals surface area contributed by atoms with Crippen LogP contribution in [0, 0.1) is 0 Å². The smallest absolute Gasteiger partial charge is 0.248 e. The minimum atomic E-state index is -0.164. The molecule has 0 atom stereocenters. The van der Waals surface area contributed by atoms with Crippen molar-refractivity contribution < 1.29 is 9.53 Å². The molecular formula is C25H20N2O2. The topological polar surface area (TPSA) is 51.2 Å². The number of hydrogen-bond donors (Lipinski definition) is 1. The molecule has 1 heterocycles. The van der Waals surface area contributed by atoms with Crippen molar-refractivity contribution in [1.82, 2.24) is 4.98 Å². The number of pyridine rings is 1. The molecule has 0 aliphatic carbocycles. The third kappa shape index (κ3) is 4.50. The fraction of sp³-hybridized carbons (Fsp3) is 0.0400. The minimum Gasteiger partial charge on any atom is -0.497 e. The number of amides is 1. The Morgan fingerprint density at radius 3 is 2.48 bits per heavy atom. The molecule has 1 N–H and O–H groups in total. The molecule has 4 rings (SSSR count). The Kier molecular flexibility index (Phi) is 5.34. The lowest BCUT2D eigenvalue weighted by molar-refractivity contribution is -0.111. The van der Waals surface area contributed by atoms with Crippen molar-refractivity contribution in [2.45, 2.75) is 0 Å². The van der Waals surface area contributed by atoms with Crippen LogP contribution in [0.2, 0.25) is 0 Å². The minimum absolute atomic E-state index is 0.164. The van der Waals surface area contributed by atoms with Crippen LogP contribution < -0.4 is 10.1 Å². The number of benzene rings is 3. The third-order valence-electron chi connectivity index (χ3n) is 4.60. The molecule has 4 aromatic rings. The van der Waals surface area contributed by atoms with E-state index in [1.54, 1.807) is 13.2 Å². The normalized spacial score (nSPS) is 10.9. The van der Waals surface area contributed by atoms with Gasteiger partial charge in [0.15, 0.2) is 0 Å². The maximum atomic E-state index is 12.1. The highest BCUT2D eigenvalue weighted by Gasteiger charge is 2.04. The lowest BCUT2D eigenvalue weighted by atomic mass is 10.0. The van der Waals surface area contributed by atoms with Crippen LogP contribution in [0.15, 0.2) is 91.1 Å². The van der Waals surface area contributed by atoms with Gasteiger partial charge in [-0.25, -0.2) is 0 Å². The summed E-state index contributed by atoms with van der Waals surface area (Å²) in [5, 5.41) is 3.93. The molecule has 0 bridgehead atoms. The molecule has 1 aromatic heterocycles. The molecule has 4 nitrogen and oxygen atoms in total. The molecule has 29 heavy (non-hydrogen) atoms. The van der Waals surface area contributed by atoms with E-state index < -0.39 is 0 Å². The van der Waals surface area contributed by atoms with E-state index in [9.17, 15) is 4.79 Å². The number of hydrogen-bond acceptors (Lipinski definition) is 3. The maximum absolute atomic E-state index is 12.1. The highest BCUT2D eigenvalue weighted by atomic mass is 16.5. The number of carbonyl (C=O) groups is 1. The Morgan fingerprint density at radius 1 is 0.931 bits per heavy atom. The fourth-order valence-electron chi connectivity index (χ4n) is 3.05. The van der Waals surface area contributed by atoms with Crippen LogP contribution in [0.4, 0.5) is 5.69 Å². The van der Waals surface area contributed by atoms with Crippen LogP contribution >= 0.6 is 0 Å². The molecule has 3 aromatic carbocycles. The summed E-state index contributed by atoms with van der Waals surface area (Å²) in [5.74, 6) is 0.627. The lowest BCUT2D eigenvalue weighted by Crippen LogP contribution is -2.07. The number of nitrogens with one attached hydrogen (secondary N) is 1. The van der Waals surface area contributed by atoms with E-state index in [0.717, 1.165) is 39.0 Å². The first-order valence-corrected chi connectivity index (χ1v) is 9.30. The van der Waals surface area contributed by atoms with Crippen molar-refractivity contribution in [3.63, 3.8) is 0 Å². The predicted molar refractivity (Wildman–Crippen MR) is 118 cm³/mol. The third-order valence-corrected chi connectivity index (χ3v) is 4.60. The zero-order valence-electron chi connectivity index (χ0n) is 16.0. The van der Waals surface area contributed by atoms with Gasteiger partial charge in [0, 0.05) is 35.0 Å². The number of anilines is 1. The van der Waals surface area contributed by atoms with Crippen LogP contribution in [-0.2, 0) is 4.79 Å². The van der Waals surface area contributed by atoms with Gasteiger partial charge in [-0.15, -0.1) is 0 Å². The summed E-state index contributed by atoms with van der Waals surface area (Å²) in [6.07, 6.45) is 5.17. The number of ether oxygens (including phenoxy) is 1. The molecule has 0 aliphatic rings. The van der Waals surface area contributed by atoms with E-state index in [0.29, 0.717) is 0 Å². The molecule has 0 spiro atoms. The summed E-state index contributed by atoms with van der Waals surface area (Å²) in [4.78, 5) is 16.7. The van der Waals surface area contributed by atoms with Gasteiger partial charge >= 0.3 is 0 Å².